The van der Waals surface area contributed by atoms with Gasteiger partial charge in [0.05, 0.1) is 16.6 Å². The fraction of sp³-hybridized carbons (Fsp3) is 0.143. The molecule has 0 N–H and O–H groups in total. The van der Waals surface area contributed by atoms with Crippen LogP contribution in [0.1, 0.15) is 10.5 Å². The second-order valence-electron chi connectivity index (χ2n) is 1.95. The third-order valence-corrected chi connectivity index (χ3v) is 2.57. The molecular formula is C7H5BrClNO2. The van der Waals surface area contributed by atoms with E-state index in [1.54, 1.807) is 6.07 Å². The number of halogens is 2. The maximum Gasteiger partial charge on any atom is 0.357 e. The number of pyridine rings is 1. The molecule has 64 valence electrons. The summed E-state index contributed by atoms with van der Waals surface area (Å²) in [7, 11) is 1.29. The molecule has 0 spiro atoms. The summed E-state index contributed by atoms with van der Waals surface area (Å²) in [6.07, 6.45) is 1.44. The van der Waals surface area contributed by atoms with E-state index >= 15 is 0 Å². The summed E-state index contributed by atoms with van der Waals surface area (Å²) >= 11 is 8.85. The van der Waals surface area contributed by atoms with E-state index in [1.165, 1.54) is 13.3 Å². The Morgan fingerprint density at radius 2 is 2.42 bits per heavy atom. The highest BCUT2D eigenvalue weighted by molar-refractivity contribution is 9.10. The normalized spacial score (nSPS) is 9.58. The van der Waals surface area contributed by atoms with Gasteiger partial charge in [0.1, 0.15) is 0 Å². The highest BCUT2D eigenvalue weighted by Gasteiger charge is 2.13. The van der Waals surface area contributed by atoms with Crippen molar-refractivity contribution in [3.05, 3.63) is 27.5 Å². The number of rotatable bonds is 1. The number of aromatic nitrogens is 1. The number of esters is 1. The molecule has 0 aliphatic heterocycles. The van der Waals surface area contributed by atoms with Gasteiger partial charge in [-0.1, -0.05) is 11.6 Å². The van der Waals surface area contributed by atoms with Gasteiger partial charge in [-0.15, -0.1) is 0 Å². The average molecular weight is 250 g/mol. The first kappa shape index (κ1) is 9.48. The van der Waals surface area contributed by atoms with Crippen LogP contribution < -0.4 is 0 Å². The lowest BCUT2D eigenvalue weighted by Crippen LogP contribution is -2.04. The Kier molecular flexibility index (Phi) is 3.05. The number of hydrogen-bond donors (Lipinski definition) is 0. The molecule has 0 aromatic carbocycles. The molecule has 0 fully saturated rings. The van der Waals surface area contributed by atoms with Gasteiger partial charge in [0, 0.05) is 6.20 Å². The molecule has 3 nitrogen and oxygen atoms in total. The van der Waals surface area contributed by atoms with E-state index in [0.717, 1.165) is 0 Å². The minimum atomic E-state index is -0.510. The molecule has 12 heavy (non-hydrogen) atoms. The van der Waals surface area contributed by atoms with Gasteiger partial charge in [-0.05, 0) is 22.0 Å². The van der Waals surface area contributed by atoms with Crippen molar-refractivity contribution in [3.63, 3.8) is 0 Å². The first-order chi connectivity index (χ1) is 5.66. The van der Waals surface area contributed by atoms with Crippen LogP contribution >= 0.6 is 27.5 Å². The highest BCUT2D eigenvalue weighted by atomic mass is 79.9. The zero-order valence-corrected chi connectivity index (χ0v) is 8.52. The maximum atomic E-state index is 11.0. The number of methoxy groups -OCH3 is 1. The SMILES string of the molecule is COC(=O)c1nccc(Cl)c1Br. The van der Waals surface area contributed by atoms with Gasteiger partial charge in [-0.25, -0.2) is 9.78 Å². The molecule has 1 heterocycles. The molecule has 0 radical (unpaired) electrons. The predicted molar refractivity (Wildman–Crippen MR) is 48.3 cm³/mol. The Hall–Kier alpha value is -0.610. The zero-order chi connectivity index (χ0) is 9.14. The van der Waals surface area contributed by atoms with E-state index in [0.29, 0.717) is 9.50 Å². The van der Waals surface area contributed by atoms with E-state index in [2.05, 4.69) is 25.7 Å². The molecule has 1 rings (SSSR count). The summed E-state index contributed by atoms with van der Waals surface area (Å²) in [6.45, 7) is 0. The fourth-order valence-corrected chi connectivity index (χ4v) is 1.20. The largest absolute Gasteiger partial charge is 0.464 e. The van der Waals surface area contributed by atoms with Crippen molar-refractivity contribution < 1.29 is 9.53 Å². The van der Waals surface area contributed by atoms with Gasteiger partial charge in [0.25, 0.3) is 0 Å². The number of carbonyl (C=O) groups excluding carboxylic acids is 1. The van der Waals surface area contributed by atoms with Crippen LogP contribution in [0.4, 0.5) is 0 Å². The second kappa shape index (κ2) is 3.87. The molecule has 0 atom stereocenters. The van der Waals surface area contributed by atoms with Gasteiger partial charge in [0.15, 0.2) is 5.69 Å². The van der Waals surface area contributed by atoms with Crippen LogP contribution in [0.2, 0.25) is 5.02 Å². The number of nitrogens with zero attached hydrogens (tertiary/aromatic N) is 1. The molecule has 0 aliphatic carbocycles. The molecule has 0 amide bonds. The molecule has 0 unspecified atom stereocenters. The van der Waals surface area contributed by atoms with Crippen LogP contribution in [-0.4, -0.2) is 18.1 Å². The third kappa shape index (κ3) is 1.76. The lowest BCUT2D eigenvalue weighted by molar-refractivity contribution is 0.0593. The minimum Gasteiger partial charge on any atom is -0.464 e. The summed E-state index contributed by atoms with van der Waals surface area (Å²) < 4.78 is 4.94. The molecule has 0 saturated heterocycles. The van der Waals surface area contributed by atoms with Gasteiger partial charge in [0.2, 0.25) is 0 Å². The molecule has 0 aliphatic rings. The maximum absolute atomic E-state index is 11.0. The summed E-state index contributed by atoms with van der Waals surface area (Å²) in [5.41, 5.74) is 0.185. The number of ether oxygens (including phenoxy) is 1. The molecule has 0 saturated carbocycles. The second-order valence-corrected chi connectivity index (χ2v) is 3.15. The van der Waals surface area contributed by atoms with E-state index < -0.39 is 5.97 Å². The number of hydrogen-bond acceptors (Lipinski definition) is 3. The van der Waals surface area contributed by atoms with Crippen LogP contribution in [0.25, 0.3) is 0 Å². The summed E-state index contributed by atoms with van der Waals surface area (Å²) in [5, 5.41) is 0.436. The van der Waals surface area contributed by atoms with Crippen LogP contribution in [-0.2, 0) is 4.74 Å². The monoisotopic (exact) mass is 249 g/mol. The highest BCUT2D eigenvalue weighted by Crippen LogP contribution is 2.24. The zero-order valence-electron chi connectivity index (χ0n) is 6.17. The van der Waals surface area contributed by atoms with Crippen molar-refractivity contribution in [2.24, 2.45) is 0 Å². The Bertz CT molecular complexity index is 316. The number of carbonyl (C=O) groups is 1. The van der Waals surface area contributed by atoms with Crippen LogP contribution in [0.5, 0.6) is 0 Å². The Labute approximate surface area is 82.8 Å². The predicted octanol–water partition coefficient (Wildman–Crippen LogP) is 2.28. The van der Waals surface area contributed by atoms with Crippen molar-refractivity contribution in [1.29, 1.82) is 0 Å². The van der Waals surface area contributed by atoms with Crippen molar-refractivity contribution in [3.8, 4) is 0 Å². The standard InChI is InChI=1S/C7H5BrClNO2/c1-12-7(11)6-5(8)4(9)2-3-10-6/h2-3H,1H3. The summed E-state index contributed by atoms with van der Waals surface area (Å²) in [6, 6.07) is 1.58. The lowest BCUT2D eigenvalue weighted by Gasteiger charge is -2.01. The van der Waals surface area contributed by atoms with Crippen LogP contribution in [0, 0.1) is 0 Å². The Morgan fingerprint density at radius 1 is 1.75 bits per heavy atom. The summed E-state index contributed by atoms with van der Waals surface area (Å²) in [5.74, 6) is -0.510. The van der Waals surface area contributed by atoms with E-state index in [9.17, 15) is 4.79 Å². The Morgan fingerprint density at radius 3 is 3.00 bits per heavy atom. The first-order valence-corrected chi connectivity index (χ1v) is 4.22. The smallest absolute Gasteiger partial charge is 0.357 e. The molecule has 5 heteroatoms. The van der Waals surface area contributed by atoms with Gasteiger partial charge < -0.3 is 4.74 Å². The molecule has 1 aromatic heterocycles. The first-order valence-electron chi connectivity index (χ1n) is 3.05. The molecule has 0 bridgehead atoms. The minimum absolute atomic E-state index is 0.185. The topological polar surface area (TPSA) is 39.2 Å². The average Bonchev–Trinajstić information content (AvgIpc) is 2.08. The van der Waals surface area contributed by atoms with E-state index in [4.69, 9.17) is 11.6 Å². The Balaban J connectivity index is 3.16. The summed E-state index contributed by atoms with van der Waals surface area (Å²) in [4.78, 5) is 14.8. The quantitative estimate of drug-likeness (QED) is 0.718. The molecule has 1 aromatic rings. The molecular weight excluding hydrogens is 245 g/mol. The third-order valence-electron chi connectivity index (χ3n) is 1.22. The van der Waals surface area contributed by atoms with E-state index in [1.807, 2.05) is 0 Å². The van der Waals surface area contributed by atoms with Crippen LogP contribution in [0.3, 0.4) is 0 Å². The van der Waals surface area contributed by atoms with Crippen molar-refractivity contribution in [1.82, 2.24) is 4.98 Å². The van der Waals surface area contributed by atoms with Gasteiger partial charge in [-0.2, -0.15) is 0 Å². The van der Waals surface area contributed by atoms with E-state index in [-0.39, 0.29) is 5.69 Å². The van der Waals surface area contributed by atoms with Gasteiger partial charge in [-0.3, -0.25) is 0 Å². The fourth-order valence-electron chi connectivity index (χ4n) is 0.659. The van der Waals surface area contributed by atoms with Crippen molar-refractivity contribution in [2.45, 2.75) is 0 Å². The van der Waals surface area contributed by atoms with Crippen molar-refractivity contribution >= 4 is 33.5 Å². The lowest BCUT2D eigenvalue weighted by atomic mass is 10.3. The van der Waals surface area contributed by atoms with Crippen LogP contribution in [0.15, 0.2) is 16.7 Å². The van der Waals surface area contributed by atoms with Gasteiger partial charge >= 0.3 is 5.97 Å². The van der Waals surface area contributed by atoms with Crippen molar-refractivity contribution in [2.75, 3.05) is 7.11 Å².